The molecule has 0 N–H and O–H groups in total. The summed E-state index contributed by atoms with van der Waals surface area (Å²) in [5, 5.41) is 4.79. The molecule has 0 saturated heterocycles. The second kappa shape index (κ2) is 11.9. The van der Waals surface area contributed by atoms with Gasteiger partial charge in [-0.1, -0.05) is 152 Å². The summed E-state index contributed by atoms with van der Waals surface area (Å²) in [5.74, 6) is -0.130. The summed E-state index contributed by atoms with van der Waals surface area (Å²) in [6.45, 7) is 4.79. The molecule has 2 aliphatic rings. The second-order valence-corrected chi connectivity index (χ2v) is 13.4. The van der Waals surface area contributed by atoms with Crippen molar-refractivity contribution in [2.45, 2.75) is 18.8 Å². The van der Waals surface area contributed by atoms with Gasteiger partial charge < -0.3 is 8.98 Å². The van der Waals surface area contributed by atoms with Gasteiger partial charge in [-0.2, -0.15) is 0 Å². The molecule has 0 bridgehead atoms. The zero-order valence-electron chi connectivity index (χ0n) is 28.1. The van der Waals surface area contributed by atoms with Crippen molar-refractivity contribution in [3.8, 4) is 0 Å². The van der Waals surface area contributed by atoms with Crippen molar-refractivity contribution in [3.63, 3.8) is 0 Å². The Morgan fingerprint density at radius 1 is 0.627 bits per heavy atom. The molecule has 6 aromatic carbocycles. The second-order valence-electron chi connectivity index (χ2n) is 13.4. The molecule has 10 rings (SSSR count). The maximum Gasteiger partial charge on any atom is 0.154 e. The monoisotopic (exact) mass is 654 g/mol. The molecule has 0 radical (unpaired) electrons. The van der Waals surface area contributed by atoms with E-state index in [0.29, 0.717) is 0 Å². The fourth-order valence-electron chi connectivity index (χ4n) is 8.35. The van der Waals surface area contributed by atoms with E-state index >= 15 is 0 Å². The minimum Gasteiger partial charge on any atom is -0.454 e. The molecule has 3 nitrogen and oxygen atoms in total. The van der Waals surface area contributed by atoms with E-state index in [2.05, 4.69) is 162 Å². The van der Waals surface area contributed by atoms with Gasteiger partial charge in [0.1, 0.15) is 5.58 Å². The Morgan fingerprint density at radius 2 is 1.24 bits per heavy atom. The van der Waals surface area contributed by atoms with E-state index in [-0.39, 0.29) is 5.92 Å². The lowest BCUT2D eigenvalue weighted by Crippen LogP contribution is -2.29. The number of fused-ring (bicyclic) bond motifs is 6. The van der Waals surface area contributed by atoms with Gasteiger partial charge in [0.25, 0.3) is 0 Å². The predicted octanol–water partition coefficient (Wildman–Crippen LogP) is 10.5. The molecule has 0 unspecified atom stereocenters. The van der Waals surface area contributed by atoms with Crippen molar-refractivity contribution < 1.29 is 4.42 Å². The van der Waals surface area contributed by atoms with Crippen molar-refractivity contribution >= 4 is 61.5 Å². The van der Waals surface area contributed by atoms with Gasteiger partial charge in [-0.05, 0) is 53.3 Å². The SMILES string of the molecule is C=C1C(c2ccccc2)=NC(c2ccccc2)=C(c2cccc3oc4c(c23)=CCCC=4n2c3ccccc3c3ccccc32)[C@H]1c1ccccc1. The van der Waals surface area contributed by atoms with E-state index < -0.39 is 0 Å². The Balaban J connectivity index is 1.32. The lowest BCUT2D eigenvalue weighted by Gasteiger charge is -2.31. The zero-order chi connectivity index (χ0) is 33.9. The number of rotatable bonds is 5. The minimum absolute atomic E-state index is 0.130. The van der Waals surface area contributed by atoms with Crippen LogP contribution in [0, 0.1) is 0 Å². The standard InChI is InChI=1S/C48H34N2O/c1-31-43(32-17-5-2-6-18-32)45(47(34-21-9-4-10-22-34)49-46(31)33-19-7-3-8-20-33)37-25-16-30-42-44(37)38-26-15-29-41(48(38)51-42)50-39-27-13-11-23-35(39)36-24-12-14-28-40(36)50/h2-14,16-28,30,43H,1,15,29H2/t43-/m1/s1. The van der Waals surface area contributed by atoms with Crippen LogP contribution in [-0.2, 0) is 0 Å². The third-order valence-corrected chi connectivity index (χ3v) is 10.5. The van der Waals surface area contributed by atoms with Gasteiger partial charge in [0.2, 0.25) is 0 Å². The van der Waals surface area contributed by atoms with Gasteiger partial charge in [-0.3, -0.25) is 0 Å². The maximum absolute atomic E-state index is 6.99. The van der Waals surface area contributed by atoms with Crippen molar-refractivity contribution in [2.24, 2.45) is 4.99 Å². The van der Waals surface area contributed by atoms with E-state index in [1.165, 1.54) is 33.1 Å². The number of nitrogens with zero attached hydrogens (tertiary/aromatic N) is 2. The Bertz CT molecular complexity index is 2800. The van der Waals surface area contributed by atoms with Crippen LogP contribution in [0.2, 0.25) is 0 Å². The van der Waals surface area contributed by atoms with Gasteiger partial charge in [0.15, 0.2) is 5.42 Å². The molecule has 242 valence electrons. The summed E-state index contributed by atoms with van der Waals surface area (Å²) < 4.78 is 9.41. The van der Waals surface area contributed by atoms with Crippen LogP contribution in [0.1, 0.15) is 41.0 Å². The number of aromatic nitrogens is 1. The van der Waals surface area contributed by atoms with E-state index in [0.717, 1.165) is 73.7 Å². The first-order chi connectivity index (χ1) is 25.3. The lowest BCUT2D eigenvalue weighted by molar-refractivity contribution is 0.564. The number of allylic oxidation sites excluding steroid dienone is 2. The van der Waals surface area contributed by atoms with Crippen LogP contribution in [0.15, 0.2) is 179 Å². The third-order valence-electron chi connectivity index (χ3n) is 10.5. The number of furan rings is 1. The molecule has 1 aliphatic heterocycles. The van der Waals surface area contributed by atoms with Gasteiger partial charge >= 0.3 is 0 Å². The average Bonchev–Trinajstić information content (AvgIpc) is 3.75. The Morgan fingerprint density at radius 3 is 1.92 bits per heavy atom. The first kappa shape index (κ1) is 29.5. The number of aliphatic imine (C=N–C) groups is 1. The number of hydrogen-bond acceptors (Lipinski definition) is 2. The molecule has 0 fully saturated rings. The highest BCUT2D eigenvalue weighted by Gasteiger charge is 2.34. The van der Waals surface area contributed by atoms with Crippen LogP contribution in [0.25, 0.3) is 55.8 Å². The topological polar surface area (TPSA) is 30.4 Å². The predicted molar refractivity (Wildman–Crippen MR) is 212 cm³/mol. The highest BCUT2D eigenvalue weighted by molar-refractivity contribution is 6.22. The molecule has 0 spiro atoms. The van der Waals surface area contributed by atoms with Crippen LogP contribution >= 0.6 is 0 Å². The van der Waals surface area contributed by atoms with Crippen molar-refractivity contribution in [1.29, 1.82) is 0 Å². The molecular formula is C48H34N2O. The molecule has 51 heavy (non-hydrogen) atoms. The lowest BCUT2D eigenvalue weighted by atomic mass is 9.75. The van der Waals surface area contributed by atoms with Gasteiger partial charge in [-0.25, -0.2) is 4.99 Å². The largest absolute Gasteiger partial charge is 0.454 e. The third kappa shape index (κ3) is 4.62. The first-order valence-electron chi connectivity index (χ1n) is 17.7. The number of benzene rings is 6. The minimum atomic E-state index is -0.130. The Labute approximate surface area is 296 Å². The van der Waals surface area contributed by atoms with Gasteiger partial charge in [0, 0.05) is 38.4 Å². The molecule has 1 aliphatic carbocycles. The molecule has 2 aromatic heterocycles. The molecule has 1 atom stereocenters. The summed E-state index contributed by atoms with van der Waals surface area (Å²) in [5.41, 5.74) is 13.9. The van der Waals surface area contributed by atoms with Gasteiger partial charge in [-0.15, -0.1) is 0 Å². The molecule has 3 heteroatoms. The van der Waals surface area contributed by atoms with E-state index in [1.54, 1.807) is 0 Å². The average molecular weight is 655 g/mol. The number of hydrogen-bond donors (Lipinski definition) is 0. The van der Waals surface area contributed by atoms with Crippen molar-refractivity contribution in [2.75, 3.05) is 0 Å². The number of para-hydroxylation sites is 2. The summed E-state index contributed by atoms with van der Waals surface area (Å²) >= 11 is 0. The molecular weight excluding hydrogens is 621 g/mol. The summed E-state index contributed by atoms with van der Waals surface area (Å²) in [6.07, 6.45) is 4.18. The highest BCUT2D eigenvalue weighted by atomic mass is 16.3. The smallest absolute Gasteiger partial charge is 0.154 e. The molecule has 0 amide bonds. The highest BCUT2D eigenvalue weighted by Crippen LogP contribution is 2.48. The van der Waals surface area contributed by atoms with Crippen LogP contribution in [-0.4, -0.2) is 10.3 Å². The fraction of sp³-hybridized carbons (Fsp3) is 0.0625. The van der Waals surface area contributed by atoms with Crippen molar-refractivity contribution in [3.05, 3.63) is 203 Å². The van der Waals surface area contributed by atoms with E-state index in [9.17, 15) is 0 Å². The zero-order valence-corrected chi connectivity index (χ0v) is 28.1. The summed E-state index contributed by atoms with van der Waals surface area (Å²) in [7, 11) is 0. The van der Waals surface area contributed by atoms with E-state index in [1.807, 2.05) is 6.07 Å². The van der Waals surface area contributed by atoms with Crippen LogP contribution in [0.5, 0.6) is 0 Å². The summed E-state index contributed by atoms with van der Waals surface area (Å²) in [4.78, 5) is 5.51. The molecule has 3 heterocycles. The van der Waals surface area contributed by atoms with Crippen LogP contribution < -0.4 is 10.6 Å². The Hall–Kier alpha value is -6.45. The van der Waals surface area contributed by atoms with Crippen LogP contribution in [0.3, 0.4) is 0 Å². The van der Waals surface area contributed by atoms with Crippen molar-refractivity contribution in [1.82, 2.24) is 4.57 Å². The quantitative estimate of drug-likeness (QED) is 0.182. The maximum atomic E-state index is 6.99. The molecule has 0 saturated carbocycles. The molecule has 8 aromatic rings. The normalized spacial score (nSPS) is 16.1. The summed E-state index contributed by atoms with van der Waals surface area (Å²) in [6, 6.07) is 55.7. The fourth-order valence-corrected chi connectivity index (χ4v) is 8.35. The van der Waals surface area contributed by atoms with Gasteiger partial charge in [0.05, 0.1) is 28.1 Å². The van der Waals surface area contributed by atoms with E-state index in [4.69, 9.17) is 16.0 Å². The Kier molecular flexibility index (Phi) is 6.85. The first-order valence-corrected chi connectivity index (χ1v) is 17.7. The van der Waals surface area contributed by atoms with Crippen LogP contribution in [0.4, 0.5) is 0 Å².